The second-order valence-corrected chi connectivity index (χ2v) is 7.77. The molecule has 0 radical (unpaired) electrons. The molecule has 1 aromatic heterocycles. The maximum Gasteiger partial charge on any atom is 0.234 e. The lowest BCUT2D eigenvalue weighted by Crippen LogP contribution is -2.13. The minimum Gasteiger partial charge on any atom is -0.457 e. The van der Waals surface area contributed by atoms with Gasteiger partial charge in [0.1, 0.15) is 16.5 Å². The molecule has 25 heavy (non-hydrogen) atoms. The SMILES string of the molecule is Cc1ccc(Oc2ccc(NC(=O)CSc3nnc(C)s3)cc2)cc1. The molecule has 1 amide bonds. The Balaban J connectivity index is 1.51. The fourth-order valence-electron chi connectivity index (χ4n) is 2.01. The Hall–Kier alpha value is -2.38. The first-order valence-electron chi connectivity index (χ1n) is 7.66. The Morgan fingerprint density at radius 2 is 1.68 bits per heavy atom. The first-order chi connectivity index (χ1) is 12.1. The van der Waals surface area contributed by atoms with E-state index in [0.717, 1.165) is 26.5 Å². The standard InChI is InChI=1S/C18H17N3O2S2/c1-12-3-7-15(8-4-12)23-16-9-5-14(6-10-16)19-17(22)11-24-18-21-20-13(2)25-18/h3-10H,11H2,1-2H3,(H,19,22). The van der Waals surface area contributed by atoms with Crippen LogP contribution in [0.5, 0.6) is 11.5 Å². The molecule has 1 heterocycles. The molecule has 0 aliphatic heterocycles. The van der Waals surface area contributed by atoms with E-state index in [-0.39, 0.29) is 5.91 Å². The highest BCUT2D eigenvalue weighted by Gasteiger charge is 2.07. The summed E-state index contributed by atoms with van der Waals surface area (Å²) in [4.78, 5) is 12.0. The molecule has 0 aliphatic carbocycles. The monoisotopic (exact) mass is 371 g/mol. The van der Waals surface area contributed by atoms with Gasteiger partial charge in [-0.05, 0) is 50.2 Å². The van der Waals surface area contributed by atoms with Crippen molar-refractivity contribution in [3.05, 3.63) is 59.1 Å². The van der Waals surface area contributed by atoms with Gasteiger partial charge in [0.25, 0.3) is 0 Å². The number of thioether (sulfide) groups is 1. The highest BCUT2D eigenvalue weighted by molar-refractivity contribution is 8.01. The maximum absolute atomic E-state index is 12.0. The molecule has 0 aliphatic rings. The molecule has 1 N–H and O–H groups in total. The first-order valence-corrected chi connectivity index (χ1v) is 9.46. The lowest BCUT2D eigenvalue weighted by molar-refractivity contribution is -0.113. The van der Waals surface area contributed by atoms with E-state index in [1.165, 1.54) is 28.7 Å². The molecule has 0 saturated carbocycles. The van der Waals surface area contributed by atoms with Crippen molar-refractivity contribution in [1.82, 2.24) is 10.2 Å². The molecule has 3 rings (SSSR count). The van der Waals surface area contributed by atoms with E-state index in [2.05, 4.69) is 15.5 Å². The van der Waals surface area contributed by atoms with Gasteiger partial charge in [0, 0.05) is 5.69 Å². The van der Waals surface area contributed by atoms with Gasteiger partial charge >= 0.3 is 0 Å². The van der Waals surface area contributed by atoms with Crippen molar-refractivity contribution in [3.63, 3.8) is 0 Å². The van der Waals surface area contributed by atoms with Crippen LogP contribution in [0.15, 0.2) is 52.9 Å². The van der Waals surface area contributed by atoms with Crippen LogP contribution >= 0.6 is 23.1 Å². The van der Waals surface area contributed by atoms with Crippen molar-refractivity contribution in [2.45, 2.75) is 18.2 Å². The number of hydrogen-bond acceptors (Lipinski definition) is 6. The predicted molar refractivity (Wildman–Crippen MR) is 102 cm³/mol. The predicted octanol–water partition coefficient (Wildman–Crippen LogP) is 4.68. The zero-order chi connectivity index (χ0) is 17.6. The normalized spacial score (nSPS) is 10.5. The number of hydrogen-bond donors (Lipinski definition) is 1. The van der Waals surface area contributed by atoms with E-state index in [1.54, 1.807) is 0 Å². The second kappa shape index (κ2) is 8.13. The zero-order valence-corrected chi connectivity index (χ0v) is 15.5. The van der Waals surface area contributed by atoms with E-state index >= 15 is 0 Å². The van der Waals surface area contributed by atoms with Crippen LogP contribution in [0.1, 0.15) is 10.6 Å². The maximum atomic E-state index is 12.0. The third kappa shape index (κ3) is 5.30. The summed E-state index contributed by atoms with van der Waals surface area (Å²) in [6, 6.07) is 15.2. The summed E-state index contributed by atoms with van der Waals surface area (Å²) >= 11 is 2.87. The van der Waals surface area contributed by atoms with Gasteiger partial charge in [0.05, 0.1) is 5.75 Å². The number of aromatic nitrogens is 2. The van der Waals surface area contributed by atoms with Gasteiger partial charge in [0.2, 0.25) is 5.91 Å². The van der Waals surface area contributed by atoms with Crippen LogP contribution in [-0.4, -0.2) is 21.9 Å². The van der Waals surface area contributed by atoms with E-state index in [9.17, 15) is 4.79 Å². The van der Waals surface area contributed by atoms with Crippen molar-refractivity contribution in [2.24, 2.45) is 0 Å². The Kier molecular flexibility index (Phi) is 5.67. The summed E-state index contributed by atoms with van der Waals surface area (Å²) in [5.74, 6) is 1.73. The Morgan fingerprint density at radius 1 is 1.04 bits per heavy atom. The molecule has 128 valence electrons. The van der Waals surface area contributed by atoms with Crippen molar-refractivity contribution in [1.29, 1.82) is 0 Å². The Morgan fingerprint density at radius 3 is 2.28 bits per heavy atom. The summed E-state index contributed by atoms with van der Waals surface area (Å²) in [5.41, 5.74) is 1.92. The van der Waals surface area contributed by atoms with Crippen LogP contribution in [0, 0.1) is 13.8 Å². The van der Waals surface area contributed by atoms with Crippen molar-refractivity contribution in [2.75, 3.05) is 11.1 Å². The molecule has 2 aromatic carbocycles. The van der Waals surface area contributed by atoms with Gasteiger partial charge in [-0.3, -0.25) is 4.79 Å². The molecule has 7 heteroatoms. The third-order valence-electron chi connectivity index (χ3n) is 3.23. The largest absolute Gasteiger partial charge is 0.457 e. The highest BCUT2D eigenvalue weighted by atomic mass is 32.2. The van der Waals surface area contributed by atoms with Gasteiger partial charge < -0.3 is 10.1 Å². The number of carbonyl (C=O) groups is 1. The van der Waals surface area contributed by atoms with Crippen LogP contribution in [0.25, 0.3) is 0 Å². The number of nitrogens with zero attached hydrogens (tertiary/aromatic N) is 2. The van der Waals surface area contributed by atoms with E-state index in [4.69, 9.17) is 4.74 Å². The molecule has 0 bridgehead atoms. The van der Waals surface area contributed by atoms with E-state index < -0.39 is 0 Å². The van der Waals surface area contributed by atoms with E-state index in [0.29, 0.717) is 5.75 Å². The van der Waals surface area contributed by atoms with Crippen molar-refractivity contribution in [3.8, 4) is 11.5 Å². The van der Waals surface area contributed by atoms with Crippen LogP contribution < -0.4 is 10.1 Å². The average Bonchev–Trinajstić information content (AvgIpc) is 3.02. The van der Waals surface area contributed by atoms with Gasteiger partial charge in [-0.15, -0.1) is 10.2 Å². The third-order valence-corrected chi connectivity index (χ3v) is 5.20. The summed E-state index contributed by atoms with van der Waals surface area (Å²) < 4.78 is 6.57. The summed E-state index contributed by atoms with van der Waals surface area (Å²) in [7, 11) is 0. The number of aryl methyl sites for hydroxylation is 2. The molecular weight excluding hydrogens is 354 g/mol. The van der Waals surface area contributed by atoms with Crippen molar-refractivity contribution < 1.29 is 9.53 Å². The van der Waals surface area contributed by atoms with Crippen LogP contribution in [0.2, 0.25) is 0 Å². The topological polar surface area (TPSA) is 64.1 Å². The summed E-state index contributed by atoms with van der Waals surface area (Å²) in [6.45, 7) is 3.92. The number of anilines is 1. The van der Waals surface area contributed by atoms with Gasteiger partial charge in [0.15, 0.2) is 4.34 Å². The number of amides is 1. The number of carbonyl (C=O) groups excluding carboxylic acids is 1. The van der Waals surface area contributed by atoms with Gasteiger partial charge in [-0.2, -0.15) is 0 Å². The van der Waals surface area contributed by atoms with Crippen LogP contribution in [0.4, 0.5) is 5.69 Å². The molecule has 5 nitrogen and oxygen atoms in total. The summed E-state index contributed by atoms with van der Waals surface area (Å²) in [5, 5.41) is 11.7. The number of benzene rings is 2. The van der Waals surface area contributed by atoms with Crippen molar-refractivity contribution >= 4 is 34.7 Å². The molecule has 0 saturated heterocycles. The Bertz CT molecular complexity index is 846. The van der Waals surface area contributed by atoms with Crippen LogP contribution in [-0.2, 0) is 4.79 Å². The lowest BCUT2D eigenvalue weighted by atomic mass is 10.2. The minimum absolute atomic E-state index is 0.0787. The fourth-order valence-corrected chi connectivity index (χ4v) is 3.63. The van der Waals surface area contributed by atoms with Gasteiger partial charge in [-0.1, -0.05) is 40.8 Å². The van der Waals surface area contributed by atoms with Gasteiger partial charge in [-0.25, -0.2) is 0 Å². The lowest BCUT2D eigenvalue weighted by Gasteiger charge is -2.08. The number of ether oxygens (including phenoxy) is 1. The first kappa shape index (κ1) is 17.4. The molecule has 0 atom stereocenters. The molecule has 0 spiro atoms. The minimum atomic E-state index is -0.0787. The second-order valence-electron chi connectivity index (χ2n) is 5.36. The molecule has 3 aromatic rings. The van der Waals surface area contributed by atoms with Crippen LogP contribution in [0.3, 0.4) is 0 Å². The Labute approximate surface area is 154 Å². The summed E-state index contributed by atoms with van der Waals surface area (Å²) in [6.07, 6.45) is 0. The number of rotatable bonds is 6. The molecule has 0 fully saturated rings. The van der Waals surface area contributed by atoms with E-state index in [1.807, 2.05) is 62.4 Å². The highest BCUT2D eigenvalue weighted by Crippen LogP contribution is 2.24. The molecular formula is C18H17N3O2S2. The average molecular weight is 371 g/mol. The quantitative estimate of drug-likeness (QED) is 0.638. The zero-order valence-electron chi connectivity index (χ0n) is 13.9. The smallest absolute Gasteiger partial charge is 0.234 e. The number of nitrogens with one attached hydrogen (secondary N) is 1. The molecule has 0 unspecified atom stereocenters. The fraction of sp³-hybridized carbons (Fsp3) is 0.167.